The zero-order chi connectivity index (χ0) is 13.9. The van der Waals surface area contributed by atoms with Crippen LogP contribution in [0.25, 0.3) is 0 Å². The molecule has 1 aliphatic rings. The van der Waals surface area contributed by atoms with Crippen LogP contribution in [0.2, 0.25) is 0 Å². The molecular weight excluding hydrogens is 248 g/mol. The van der Waals surface area contributed by atoms with Gasteiger partial charge in [-0.2, -0.15) is 0 Å². The Morgan fingerprint density at radius 2 is 1.85 bits per heavy atom. The highest BCUT2D eigenvalue weighted by molar-refractivity contribution is 5.34. The lowest BCUT2D eigenvalue weighted by Gasteiger charge is -2.15. The van der Waals surface area contributed by atoms with E-state index in [-0.39, 0.29) is 6.10 Å². The highest BCUT2D eigenvalue weighted by Gasteiger charge is 2.29. The average molecular weight is 268 g/mol. The van der Waals surface area contributed by atoms with E-state index in [1.165, 1.54) is 11.1 Å². The Hall–Kier alpha value is -1.80. The van der Waals surface area contributed by atoms with Gasteiger partial charge in [-0.3, -0.25) is 0 Å². The summed E-state index contributed by atoms with van der Waals surface area (Å²) in [5, 5.41) is 10.4. The topological polar surface area (TPSA) is 29.5 Å². The van der Waals surface area contributed by atoms with Gasteiger partial charge in [0.05, 0.1) is 13.2 Å². The maximum absolute atomic E-state index is 10.4. The molecule has 0 saturated heterocycles. The van der Waals surface area contributed by atoms with Crippen molar-refractivity contribution in [3.63, 3.8) is 0 Å². The van der Waals surface area contributed by atoms with Gasteiger partial charge in [0.15, 0.2) is 0 Å². The van der Waals surface area contributed by atoms with Gasteiger partial charge in [0.1, 0.15) is 5.75 Å². The number of ether oxygens (including phenoxy) is 1. The van der Waals surface area contributed by atoms with Gasteiger partial charge in [0, 0.05) is 0 Å². The van der Waals surface area contributed by atoms with Gasteiger partial charge in [-0.15, -0.1) is 0 Å². The fourth-order valence-corrected chi connectivity index (χ4v) is 3.06. The summed E-state index contributed by atoms with van der Waals surface area (Å²) < 4.78 is 5.17. The predicted molar refractivity (Wildman–Crippen MR) is 79.9 cm³/mol. The Bertz CT molecular complexity index is 574. The first-order chi connectivity index (χ1) is 9.78. The standard InChI is InChI=1S/C18H20O2/c1-20-16-10-7-13(8-11-16)6-9-15-12-14-4-2-3-5-17(14)18(15)19/h2-5,7-8,10-11,15,18-19H,6,9,12H2,1H3. The Labute approximate surface area is 120 Å². The van der Waals surface area contributed by atoms with E-state index >= 15 is 0 Å². The van der Waals surface area contributed by atoms with Gasteiger partial charge >= 0.3 is 0 Å². The molecule has 2 nitrogen and oxygen atoms in total. The second-order valence-electron chi connectivity index (χ2n) is 5.49. The van der Waals surface area contributed by atoms with E-state index in [9.17, 15) is 5.11 Å². The molecular formula is C18H20O2. The number of aliphatic hydroxyl groups is 1. The van der Waals surface area contributed by atoms with Crippen LogP contribution >= 0.6 is 0 Å². The molecule has 2 atom stereocenters. The number of methoxy groups -OCH3 is 1. The molecule has 3 rings (SSSR count). The molecule has 0 fully saturated rings. The summed E-state index contributed by atoms with van der Waals surface area (Å²) in [6.07, 6.45) is 2.71. The minimum Gasteiger partial charge on any atom is -0.497 e. The van der Waals surface area contributed by atoms with E-state index in [0.717, 1.165) is 30.6 Å². The summed E-state index contributed by atoms with van der Waals surface area (Å²) in [6.45, 7) is 0. The van der Waals surface area contributed by atoms with Crippen LogP contribution in [0.4, 0.5) is 0 Å². The third kappa shape index (κ3) is 2.56. The normalized spacial score (nSPS) is 20.7. The molecule has 2 heteroatoms. The van der Waals surface area contributed by atoms with Crippen molar-refractivity contribution in [2.45, 2.75) is 25.4 Å². The van der Waals surface area contributed by atoms with Crippen LogP contribution in [0.15, 0.2) is 48.5 Å². The molecule has 1 N–H and O–H groups in total. The summed E-state index contributed by atoms with van der Waals surface area (Å²) in [4.78, 5) is 0. The van der Waals surface area contributed by atoms with E-state index in [2.05, 4.69) is 24.3 Å². The third-order valence-electron chi connectivity index (χ3n) is 4.27. The van der Waals surface area contributed by atoms with E-state index in [1.54, 1.807) is 7.11 Å². The summed E-state index contributed by atoms with van der Waals surface area (Å²) in [5.41, 5.74) is 3.72. The fraction of sp³-hybridized carbons (Fsp3) is 0.333. The van der Waals surface area contributed by atoms with Crippen molar-refractivity contribution in [1.82, 2.24) is 0 Å². The summed E-state index contributed by atoms with van der Waals surface area (Å²) >= 11 is 0. The van der Waals surface area contributed by atoms with Crippen LogP contribution in [-0.2, 0) is 12.8 Å². The van der Waals surface area contributed by atoms with Crippen molar-refractivity contribution < 1.29 is 9.84 Å². The maximum Gasteiger partial charge on any atom is 0.118 e. The minimum atomic E-state index is -0.301. The third-order valence-corrected chi connectivity index (χ3v) is 4.27. The maximum atomic E-state index is 10.4. The van der Waals surface area contributed by atoms with Crippen molar-refractivity contribution in [1.29, 1.82) is 0 Å². The average Bonchev–Trinajstić information content (AvgIpc) is 2.83. The lowest BCUT2D eigenvalue weighted by atomic mass is 9.95. The molecule has 0 heterocycles. The lowest BCUT2D eigenvalue weighted by Crippen LogP contribution is -2.08. The van der Waals surface area contributed by atoms with Crippen LogP contribution in [-0.4, -0.2) is 12.2 Å². The molecule has 0 aromatic heterocycles. The zero-order valence-electron chi connectivity index (χ0n) is 11.8. The molecule has 0 spiro atoms. The molecule has 20 heavy (non-hydrogen) atoms. The number of hydrogen-bond acceptors (Lipinski definition) is 2. The molecule has 0 saturated carbocycles. The van der Waals surface area contributed by atoms with Gasteiger partial charge in [0.25, 0.3) is 0 Å². The first-order valence-electron chi connectivity index (χ1n) is 7.16. The number of benzene rings is 2. The zero-order valence-corrected chi connectivity index (χ0v) is 11.8. The molecule has 0 bridgehead atoms. The van der Waals surface area contributed by atoms with Gasteiger partial charge < -0.3 is 9.84 Å². The van der Waals surface area contributed by atoms with Gasteiger partial charge in [-0.1, -0.05) is 36.4 Å². The smallest absolute Gasteiger partial charge is 0.118 e. The molecule has 0 aliphatic heterocycles. The Kier molecular flexibility index (Phi) is 3.75. The Morgan fingerprint density at radius 1 is 1.10 bits per heavy atom. The summed E-state index contributed by atoms with van der Waals surface area (Å²) in [5.74, 6) is 1.23. The van der Waals surface area contributed by atoms with E-state index < -0.39 is 0 Å². The Morgan fingerprint density at radius 3 is 2.55 bits per heavy atom. The molecule has 2 aromatic carbocycles. The highest BCUT2D eigenvalue weighted by atomic mass is 16.5. The number of aryl methyl sites for hydroxylation is 1. The first-order valence-corrected chi connectivity index (χ1v) is 7.16. The number of fused-ring (bicyclic) bond motifs is 1. The number of rotatable bonds is 4. The predicted octanol–water partition coefficient (Wildman–Crippen LogP) is 3.53. The monoisotopic (exact) mass is 268 g/mol. The largest absolute Gasteiger partial charge is 0.497 e. The molecule has 0 amide bonds. The van der Waals surface area contributed by atoms with Crippen molar-refractivity contribution in [2.75, 3.05) is 7.11 Å². The van der Waals surface area contributed by atoms with Gasteiger partial charge in [0.2, 0.25) is 0 Å². The van der Waals surface area contributed by atoms with Crippen molar-refractivity contribution in [3.05, 3.63) is 65.2 Å². The quantitative estimate of drug-likeness (QED) is 0.919. The second kappa shape index (κ2) is 5.68. The van der Waals surface area contributed by atoms with E-state index in [4.69, 9.17) is 4.74 Å². The molecule has 0 radical (unpaired) electrons. The first kappa shape index (κ1) is 13.2. The van der Waals surface area contributed by atoms with E-state index in [0.29, 0.717) is 5.92 Å². The van der Waals surface area contributed by atoms with Crippen molar-refractivity contribution >= 4 is 0 Å². The van der Waals surface area contributed by atoms with Gasteiger partial charge in [-0.05, 0) is 54.0 Å². The van der Waals surface area contributed by atoms with Crippen LogP contribution in [0.1, 0.15) is 29.2 Å². The molecule has 2 aromatic rings. The van der Waals surface area contributed by atoms with E-state index in [1.807, 2.05) is 24.3 Å². The number of aliphatic hydroxyl groups excluding tert-OH is 1. The second-order valence-corrected chi connectivity index (χ2v) is 5.49. The summed E-state index contributed by atoms with van der Waals surface area (Å²) in [7, 11) is 1.68. The van der Waals surface area contributed by atoms with Crippen molar-refractivity contribution in [3.8, 4) is 5.75 Å². The molecule has 2 unspecified atom stereocenters. The minimum absolute atomic E-state index is 0.301. The highest BCUT2D eigenvalue weighted by Crippen LogP contribution is 2.38. The fourth-order valence-electron chi connectivity index (χ4n) is 3.06. The number of hydrogen-bond donors (Lipinski definition) is 1. The molecule has 104 valence electrons. The SMILES string of the molecule is COc1ccc(CCC2Cc3ccccc3C2O)cc1. The van der Waals surface area contributed by atoms with Crippen molar-refractivity contribution in [2.24, 2.45) is 5.92 Å². The van der Waals surface area contributed by atoms with Crippen LogP contribution in [0.5, 0.6) is 5.75 Å². The van der Waals surface area contributed by atoms with Gasteiger partial charge in [-0.25, -0.2) is 0 Å². The molecule has 1 aliphatic carbocycles. The summed E-state index contributed by atoms with van der Waals surface area (Å²) in [6, 6.07) is 16.4. The van der Waals surface area contributed by atoms with Crippen LogP contribution < -0.4 is 4.74 Å². The lowest BCUT2D eigenvalue weighted by molar-refractivity contribution is 0.118. The van der Waals surface area contributed by atoms with Crippen LogP contribution in [0.3, 0.4) is 0 Å². The van der Waals surface area contributed by atoms with Crippen LogP contribution in [0, 0.1) is 5.92 Å². The Balaban J connectivity index is 1.62.